The molecule has 1 aliphatic rings. The summed E-state index contributed by atoms with van der Waals surface area (Å²) in [5.41, 5.74) is 1.70. The predicted octanol–water partition coefficient (Wildman–Crippen LogP) is 3.53. The van der Waals surface area contributed by atoms with Crippen LogP contribution in [0, 0.1) is 0 Å². The van der Waals surface area contributed by atoms with Gasteiger partial charge in [0.15, 0.2) is 6.61 Å². The minimum absolute atomic E-state index is 0.135. The Morgan fingerprint density at radius 3 is 2.32 bits per heavy atom. The van der Waals surface area contributed by atoms with Crippen LogP contribution in [0.15, 0.2) is 83.8 Å². The molecule has 12 heteroatoms. The Bertz CT molecular complexity index is 1450. The molecule has 236 valence electrons. The molecule has 0 bridgehead atoms. The van der Waals surface area contributed by atoms with Crippen LogP contribution >= 0.6 is 11.6 Å². The van der Waals surface area contributed by atoms with Gasteiger partial charge in [0.1, 0.15) is 11.8 Å². The number of nitrogens with zero attached hydrogens (tertiary/aromatic N) is 2. The van der Waals surface area contributed by atoms with E-state index in [1.165, 1.54) is 33.5 Å². The molecule has 4 rings (SSSR count). The van der Waals surface area contributed by atoms with Gasteiger partial charge in [0, 0.05) is 51.3 Å². The molecule has 2 amide bonds. The third-order valence-corrected chi connectivity index (χ3v) is 9.32. The van der Waals surface area contributed by atoms with Gasteiger partial charge in [-0.05, 0) is 53.9 Å². The van der Waals surface area contributed by atoms with Crippen molar-refractivity contribution in [2.24, 2.45) is 0 Å². The molecule has 0 aromatic heterocycles. The van der Waals surface area contributed by atoms with Crippen LogP contribution in [0.4, 0.5) is 0 Å². The van der Waals surface area contributed by atoms with E-state index in [1.807, 2.05) is 42.5 Å². The van der Waals surface area contributed by atoms with Crippen LogP contribution in [0.5, 0.6) is 5.75 Å². The van der Waals surface area contributed by atoms with Gasteiger partial charge in [-0.2, -0.15) is 4.31 Å². The predicted molar refractivity (Wildman–Crippen MR) is 167 cm³/mol. The third-order valence-electron chi connectivity index (χ3n) is 7.16. The molecule has 0 spiro atoms. The lowest BCUT2D eigenvalue weighted by atomic mass is 10.0. The first-order valence-electron chi connectivity index (χ1n) is 14.4. The Morgan fingerprint density at radius 1 is 0.977 bits per heavy atom. The number of halogens is 1. The van der Waals surface area contributed by atoms with Crippen molar-refractivity contribution in [3.8, 4) is 5.75 Å². The van der Waals surface area contributed by atoms with Crippen molar-refractivity contribution in [2.75, 3.05) is 53.2 Å². The summed E-state index contributed by atoms with van der Waals surface area (Å²) in [5, 5.41) is 3.51. The number of amides is 2. The number of hydrogen-bond acceptors (Lipinski definition) is 7. The third kappa shape index (κ3) is 9.51. The first-order valence-corrected chi connectivity index (χ1v) is 16.2. The minimum atomic E-state index is -3.66. The van der Waals surface area contributed by atoms with Crippen LogP contribution < -0.4 is 10.1 Å². The molecule has 1 heterocycles. The first kappa shape index (κ1) is 33.4. The number of hydrogen-bond donors (Lipinski definition) is 1. The second kappa shape index (κ2) is 16.6. The van der Waals surface area contributed by atoms with Crippen LogP contribution in [-0.2, 0) is 42.1 Å². The summed E-state index contributed by atoms with van der Waals surface area (Å²) >= 11 is 6.09. The van der Waals surface area contributed by atoms with Gasteiger partial charge < -0.3 is 24.4 Å². The SMILES string of the molecule is COCCCNC(=O)C(Cc1ccccc1)N(Cc1ccc(Cl)cc1)C(=O)COc1ccc(S(=O)(=O)N2CCOCC2)cc1. The number of rotatable bonds is 15. The number of ether oxygens (including phenoxy) is 3. The summed E-state index contributed by atoms with van der Waals surface area (Å²) in [4.78, 5) is 29.0. The van der Waals surface area contributed by atoms with Crippen molar-refractivity contribution in [2.45, 2.75) is 30.3 Å². The van der Waals surface area contributed by atoms with Crippen molar-refractivity contribution in [3.05, 3.63) is 95.0 Å². The molecule has 0 saturated carbocycles. The monoisotopic (exact) mass is 643 g/mol. The summed E-state index contributed by atoms with van der Waals surface area (Å²) in [5.74, 6) is -0.364. The molecule has 0 radical (unpaired) electrons. The first-order chi connectivity index (χ1) is 21.3. The molecule has 44 heavy (non-hydrogen) atoms. The van der Waals surface area contributed by atoms with Crippen molar-refractivity contribution >= 4 is 33.4 Å². The highest BCUT2D eigenvalue weighted by molar-refractivity contribution is 7.89. The summed E-state index contributed by atoms with van der Waals surface area (Å²) in [7, 11) is -2.06. The smallest absolute Gasteiger partial charge is 0.261 e. The van der Waals surface area contributed by atoms with Gasteiger partial charge in [-0.3, -0.25) is 9.59 Å². The number of carbonyl (C=O) groups excluding carboxylic acids is 2. The van der Waals surface area contributed by atoms with Gasteiger partial charge in [0.05, 0.1) is 18.1 Å². The van der Waals surface area contributed by atoms with E-state index >= 15 is 0 Å². The van der Waals surface area contributed by atoms with Gasteiger partial charge >= 0.3 is 0 Å². The van der Waals surface area contributed by atoms with E-state index in [2.05, 4.69) is 5.32 Å². The highest BCUT2D eigenvalue weighted by Gasteiger charge is 2.31. The Hall–Kier alpha value is -3.48. The maximum Gasteiger partial charge on any atom is 0.261 e. The summed E-state index contributed by atoms with van der Waals surface area (Å²) in [6.45, 7) is 1.99. The number of sulfonamides is 1. The number of nitrogens with one attached hydrogen (secondary N) is 1. The van der Waals surface area contributed by atoms with Gasteiger partial charge in [-0.1, -0.05) is 54.1 Å². The van der Waals surface area contributed by atoms with Gasteiger partial charge in [-0.15, -0.1) is 0 Å². The zero-order valence-corrected chi connectivity index (χ0v) is 26.3. The topological polar surface area (TPSA) is 114 Å². The van der Waals surface area contributed by atoms with E-state index in [0.717, 1.165) is 11.1 Å². The number of benzene rings is 3. The summed E-state index contributed by atoms with van der Waals surface area (Å²) in [6.07, 6.45) is 0.927. The van der Waals surface area contributed by atoms with Crippen molar-refractivity contribution in [1.29, 1.82) is 0 Å². The molecule has 3 aromatic rings. The molecule has 1 aliphatic heterocycles. The van der Waals surface area contributed by atoms with Crippen molar-refractivity contribution in [3.63, 3.8) is 0 Å². The Morgan fingerprint density at radius 2 is 1.66 bits per heavy atom. The largest absolute Gasteiger partial charge is 0.484 e. The number of carbonyl (C=O) groups is 2. The fraction of sp³-hybridized carbons (Fsp3) is 0.375. The lowest BCUT2D eigenvalue weighted by molar-refractivity contribution is -0.142. The van der Waals surface area contributed by atoms with Crippen LogP contribution in [0.2, 0.25) is 5.02 Å². The zero-order chi connectivity index (χ0) is 31.4. The molecule has 3 aromatic carbocycles. The second-order valence-electron chi connectivity index (χ2n) is 10.3. The zero-order valence-electron chi connectivity index (χ0n) is 24.7. The fourth-order valence-corrected chi connectivity index (χ4v) is 6.29. The van der Waals surface area contributed by atoms with E-state index < -0.39 is 22.0 Å². The Labute approximate surface area is 263 Å². The molecule has 1 atom stereocenters. The average Bonchev–Trinajstić information content (AvgIpc) is 3.05. The molecular weight excluding hydrogens is 606 g/mol. The van der Waals surface area contributed by atoms with Crippen LogP contribution in [0.25, 0.3) is 0 Å². The fourth-order valence-electron chi connectivity index (χ4n) is 4.76. The average molecular weight is 644 g/mol. The molecule has 0 aliphatic carbocycles. The highest BCUT2D eigenvalue weighted by atomic mass is 35.5. The molecule has 1 saturated heterocycles. The van der Waals surface area contributed by atoms with Crippen LogP contribution in [0.1, 0.15) is 17.5 Å². The number of morpholine rings is 1. The van der Waals surface area contributed by atoms with E-state index in [9.17, 15) is 18.0 Å². The Kier molecular flexibility index (Phi) is 12.6. The molecule has 10 nitrogen and oxygen atoms in total. The maximum absolute atomic E-state index is 13.8. The van der Waals surface area contributed by atoms with Gasteiger partial charge in [0.25, 0.3) is 5.91 Å². The quantitative estimate of drug-likeness (QED) is 0.252. The standard InChI is InChI=1S/C32H38ClN3O7S/c1-41-19-5-16-34-32(38)30(22-25-6-3-2-4-7-25)36(23-26-8-10-27(33)11-9-26)31(37)24-43-28-12-14-29(15-13-28)44(39,40)35-17-20-42-21-18-35/h2-4,6-15,30H,5,16-24H2,1H3,(H,34,38). The summed E-state index contributed by atoms with van der Waals surface area (Å²) < 4.78 is 43.5. The Balaban J connectivity index is 1.52. The molecule has 1 N–H and O–H groups in total. The normalized spacial score (nSPS) is 14.5. The van der Waals surface area contributed by atoms with E-state index in [1.54, 1.807) is 19.2 Å². The summed E-state index contributed by atoms with van der Waals surface area (Å²) in [6, 6.07) is 21.7. The van der Waals surface area contributed by atoms with Gasteiger partial charge in [0.2, 0.25) is 15.9 Å². The van der Waals surface area contributed by atoms with Crippen LogP contribution in [0.3, 0.4) is 0 Å². The van der Waals surface area contributed by atoms with E-state index in [0.29, 0.717) is 63.1 Å². The lowest BCUT2D eigenvalue weighted by Gasteiger charge is -2.31. The lowest BCUT2D eigenvalue weighted by Crippen LogP contribution is -2.51. The van der Waals surface area contributed by atoms with Crippen LogP contribution in [-0.4, -0.2) is 88.7 Å². The molecule has 1 fully saturated rings. The number of methoxy groups -OCH3 is 1. The maximum atomic E-state index is 13.8. The molecular formula is C32H38ClN3O7S. The van der Waals surface area contributed by atoms with E-state index in [4.69, 9.17) is 25.8 Å². The van der Waals surface area contributed by atoms with Crippen molar-refractivity contribution in [1.82, 2.24) is 14.5 Å². The second-order valence-corrected chi connectivity index (χ2v) is 12.6. The van der Waals surface area contributed by atoms with E-state index in [-0.39, 0.29) is 24.0 Å². The highest BCUT2D eigenvalue weighted by Crippen LogP contribution is 2.22. The minimum Gasteiger partial charge on any atom is -0.484 e. The van der Waals surface area contributed by atoms with Gasteiger partial charge in [-0.25, -0.2) is 8.42 Å². The van der Waals surface area contributed by atoms with Crippen molar-refractivity contribution < 1.29 is 32.2 Å². The molecule has 1 unspecified atom stereocenters.